The van der Waals surface area contributed by atoms with Gasteiger partial charge in [-0.25, -0.2) is 0 Å². The molecule has 0 unspecified atom stereocenters. The summed E-state index contributed by atoms with van der Waals surface area (Å²) in [5.41, 5.74) is 0. The van der Waals surface area contributed by atoms with Gasteiger partial charge in [0.05, 0.1) is 0 Å². The predicted octanol–water partition coefficient (Wildman–Crippen LogP) is 2.40. The van der Waals surface area contributed by atoms with Crippen LogP contribution in [0.5, 0.6) is 0 Å². The molecule has 0 rings (SSSR count). The first-order chi connectivity index (χ1) is 5.28. The third kappa shape index (κ3) is 4.94. The molecule has 0 aromatic heterocycles. The Morgan fingerprint density at radius 3 is 1.64 bits per heavy atom. The average molecular weight is 214 g/mol. The van der Waals surface area contributed by atoms with E-state index in [2.05, 4.69) is 32.6 Å². The molecule has 0 saturated heterocycles. The van der Waals surface area contributed by atoms with E-state index in [0.29, 0.717) is 0 Å². The molecule has 2 heteroatoms. The molecule has 0 aliphatic carbocycles. The van der Waals surface area contributed by atoms with Crippen LogP contribution in [0.25, 0.3) is 0 Å². The Balaban J connectivity index is 3.58. The van der Waals surface area contributed by atoms with Crippen LogP contribution in [0.3, 0.4) is 0 Å². The monoisotopic (exact) mass is 213 g/mol. The van der Waals surface area contributed by atoms with Crippen molar-refractivity contribution in [2.24, 2.45) is 0 Å². The molecule has 0 heterocycles. The Morgan fingerprint density at radius 2 is 1.36 bits per heavy atom. The van der Waals surface area contributed by atoms with Gasteiger partial charge >= 0.3 is 77.0 Å². The van der Waals surface area contributed by atoms with Crippen molar-refractivity contribution in [3.05, 3.63) is 0 Å². The minimum absolute atomic E-state index is 0.804. The fourth-order valence-corrected chi connectivity index (χ4v) is 6.30. The molecule has 0 radical (unpaired) electrons. The van der Waals surface area contributed by atoms with Crippen molar-refractivity contribution in [3.63, 3.8) is 0 Å². The van der Waals surface area contributed by atoms with Crippen LogP contribution in [0.1, 0.15) is 27.7 Å². The summed E-state index contributed by atoms with van der Waals surface area (Å²) in [4.78, 5) is 5.62. The van der Waals surface area contributed by atoms with Gasteiger partial charge in [-0.3, -0.25) is 0 Å². The van der Waals surface area contributed by atoms with Gasteiger partial charge in [0.25, 0.3) is 0 Å². The topological polar surface area (TPSA) is 3.24 Å². The van der Waals surface area contributed by atoms with Gasteiger partial charge in [0.2, 0.25) is 0 Å². The number of nitrogens with zero attached hydrogens (tertiary/aromatic N) is 1. The zero-order chi connectivity index (χ0) is 8.69. The van der Waals surface area contributed by atoms with Gasteiger partial charge in [-0.15, -0.1) is 0 Å². The third-order valence-corrected chi connectivity index (χ3v) is 9.58. The van der Waals surface area contributed by atoms with Crippen molar-refractivity contribution in [2.75, 3.05) is 18.2 Å². The van der Waals surface area contributed by atoms with E-state index in [0.717, 1.165) is 0 Å². The van der Waals surface area contributed by atoms with Crippen LogP contribution in [0, 0.1) is 0 Å². The summed E-state index contributed by atoms with van der Waals surface area (Å²) in [6.07, 6.45) is 0. The van der Waals surface area contributed by atoms with E-state index >= 15 is 0 Å². The van der Waals surface area contributed by atoms with E-state index in [-0.39, 0.29) is 0 Å². The average Bonchev–Trinajstić information content (AvgIpc) is 2.07. The summed E-state index contributed by atoms with van der Waals surface area (Å²) in [6, 6.07) is 0. The van der Waals surface area contributed by atoms with Crippen LogP contribution in [-0.4, -0.2) is 39.3 Å². The molecule has 0 aliphatic rings. The molecule has 0 N–H and O–H groups in total. The van der Waals surface area contributed by atoms with Crippen molar-refractivity contribution in [1.29, 1.82) is 0 Å². The summed E-state index contributed by atoms with van der Waals surface area (Å²) >= 11 is -0.804. The Kier molecular flexibility index (Phi) is 7.65. The molecule has 0 bridgehead atoms. The predicted molar refractivity (Wildman–Crippen MR) is 54.5 cm³/mol. The molecule has 0 saturated carbocycles. The van der Waals surface area contributed by atoms with Crippen molar-refractivity contribution in [2.45, 2.75) is 37.6 Å². The van der Waals surface area contributed by atoms with Crippen LogP contribution < -0.4 is 0 Å². The standard InChI is InChI=1S/C5H12N.2C2H5.Ga/c1-4-6(3)5-2;2*1-2;/h3-5H2,1-2H3;2*1H2,2H3;. The SMILES string of the molecule is CCN(CC)[CH2][Ga]([CH2]C)[CH2]C. The molecule has 0 aromatic carbocycles. The van der Waals surface area contributed by atoms with Gasteiger partial charge in [0.15, 0.2) is 0 Å². The van der Waals surface area contributed by atoms with Crippen LogP contribution in [0.2, 0.25) is 9.95 Å². The molecule has 0 amide bonds. The molecule has 0 aliphatic heterocycles. The van der Waals surface area contributed by atoms with E-state index in [1.54, 1.807) is 0 Å². The van der Waals surface area contributed by atoms with Gasteiger partial charge in [-0.1, -0.05) is 0 Å². The second-order valence-electron chi connectivity index (χ2n) is 3.17. The molecule has 11 heavy (non-hydrogen) atoms. The number of rotatable bonds is 6. The van der Waals surface area contributed by atoms with E-state index in [4.69, 9.17) is 0 Å². The van der Waals surface area contributed by atoms with Crippen LogP contribution in [0.15, 0.2) is 0 Å². The summed E-state index contributed by atoms with van der Waals surface area (Å²) < 4.78 is 0. The second-order valence-corrected chi connectivity index (χ2v) is 11.0. The molecule has 0 aromatic rings. The van der Waals surface area contributed by atoms with Crippen LogP contribution in [0.4, 0.5) is 0 Å². The van der Waals surface area contributed by atoms with E-state index in [1.807, 2.05) is 0 Å². The summed E-state index contributed by atoms with van der Waals surface area (Å²) in [7, 11) is 0. The van der Waals surface area contributed by atoms with Crippen molar-refractivity contribution in [3.8, 4) is 0 Å². The first kappa shape index (κ1) is 11.6. The molecule has 66 valence electrons. The maximum atomic E-state index is 2.59. The Morgan fingerprint density at radius 1 is 0.909 bits per heavy atom. The molecule has 0 spiro atoms. The Labute approximate surface area is 77.2 Å². The van der Waals surface area contributed by atoms with Crippen LogP contribution in [-0.2, 0) is 0 Å². The zero-order valence-electron chi connectivity index (χ0n) is 8.56. The quantitative estimate of drug-likeness (QED) is 0.613. The second kappa shape index (κ2) is 7.26. The minimum atomic E-state index is -0.804. The van der Waals surface area contributed by atoms with Gasteiger partial charge < -0.3 is 0 Å². The van der Waals surface area contributed by atoms with Gasteiger partial charge in [-0.2, -0.15) is 0 Å². The van der Waals surface area contributed by atoms with Crippen molar-refractivity contribution in [1.82, 2.24) is 4.90 Å². The molecule has 0 atom stereocenters. The van der Waals surface area contributed by atoms with Gasteiger partial charge in [0.1, 0.15) is 0 Å². The third-order valence-electron chi connectivity index (χ3n) is 2.57. The van der Waals surface area contributed by atoms with E-state index in [1.165, 1.54) is 28.1 Å². The van der Waals surface area contributed by atoms with Crippen LogP contribution >= 0.6 is 0 Å². The van der Waals surface area contributed by atoms with Gasteiger partial charge in [0, 0.05) is 0 Å². The summed E-state index contributed by atoms with van der Waals surface area (Å²) in [5, 5.41) is 1.48. The molecular weight excluding hydrogens is 192 g/mol. The Bertz CT molecular complexity index is 67.6. The molecular formula is C9H22GaN. The Hall–Kier alpha value is 0.596. The first-order valence-electron chi connectivity index (χ1n) is 5.00. The van der Waals surface area contributed by atoms with E-state index in [9.17, 15) is 0 Å². The molecule has 1 nitrogen and oxygen atoms in total. The number of hydrogen-bond donors (Lipinski definition) is 0. The number of hydrogen-bond acceptors (Lipinski definition) is 1. The normalized spacial score (nSPS) is 10.6. The summed E-state index contributed by atoms with van der Waals surface area (Å²) in [6.45, 7) is 11.8. The zero-order valence-corrected chi connectivity index (χ0v) is 11.0. The van der Waals surface area contributed by atoms with E-state index < -0.39 is 16.2 Å². The first-order valence-corrected chi connectivity index (χ1v) is 10.1. The molecule has 0 fully saturated rings. The summed E-state index contributed by atoms with van der Waals surface area (Å²) in [5.74, 6) is 0. The van der Waals surface area contributed by atoms with Gasteiger partial charge in [-0.05, 0) is 0 Å². The maximum absolute atomic E-state index is 2.59. The fraction of sp³-hybridized carbons (Fsp3) is 1.00. The fourth-order valence-electron chi connectivity index (χ4n) is 1.39. The van der Waals surface area contributed by atoms with Crippen molar-refractivity contribution >= 4 is 16.2 Å². The van der Waals surface area contributed by atoms with Crippen molar-refractivity contribution < 1.29 is 0 Å².